The molecule has 0 aromatic carbocycles. The van der Waals surface area contributed by atoms with Crippen LogP contribution in [0.5, 0.6) is 5.88 Å². The predicted molar refractivity (Wildman–Crippen MR) is 92.5 cm³/mol. The smallest absolute Gasteiger partial charge is 0.543 e. The molecule has 9 heteroatoms. The fourth-order valence-corrected chi connectivity index (χ4v) is 4.20. The Labute approximate surface area is 183 Å². The molecule has 2 aromatic heterocycles. The molecule has 28 heavy (non-hydrogen) atoms. The second-order valence-electron chi connectivity index (χ2n) is 6.87. The number of hydrogen-bond acceptors (Lipinski definition) is 6. The minimum atomic E-state index is -1.32. The van der Waals surface area contributed by atoms with E-state index in [4.69, 9.17) is 4.74 Å². The summed E-state index contributed by atoms with van der Waals surface area (Å²) in [6, 6.07) is -0.243. The van der Waals surface area contributed by atoms with E-state index < -0.39 is 5.97 Å². The van der Waals surface area contributed by atoms with Crippen LogP contribution in [0.25, 0.3) is 11.9 Å². The number of carbonyl (C=O) groups is 2. The Hall–Kier alpha value is -2.16. The number of fused-ring (bicyclic) bond motifs is 4. The van der Waals surface area contributed by atoms with Gasteiger partial charge in [-0.05, 0) is 38.7 Å². The first-order valence-corrected chi connectivity index (χ1v) is 9.08. The molecule has 0 saturated carbocycles. The van der Waals surface area contributed by atoms with Crippen LogP contribution in [-0.2, 0) is 22.4 Å². The van der Waals surface area contributed by atoms with E-state index in [1.807, 2.05) is 17.5 Å². The van der Waals surface area contributed by atoms with Crippen LogP contribution in [0, 0.1) is 0 Å². The van der Waals surface area contributed by atoms with Crippen molar-refractivity contribution < 1.29 is 49.0 Å². The van der Waals surface area contributed by atoms with Crippen molar-refractivity contribution in [3.63, 3.8) is 0 Å². The van der Waals surface area contributed by atoms with Gasteiger partial charge in [0.05, 0.1) is 30.0 Å². The van der Waals surface area contributed by atoms with Crippen molar-refractivity contribution in [3.8, 4) is 5.88 Å². The maximum atomic E-state index is 12.4. The topological polar surface area (TPSA) is 99.9 Å². The molecule has 8 nitrogen and oxygen atoms in total. The molecule has 5 rings (SSSR count). The number of imidazole rings is 1. The number of ether oxygens (including phenoxy) is 1. The second kappa shape index (κ2) is 7.02. The first-order chi connectivity index (χ1) is 13.1. The standard InChI is InChI=1S/C19H18N4O4.Na/c1-2-27-16-11-4-3-5-13(11)22-9-10(20-19(22)21-16)8-12-14-6-7-15(18(25)26)23(14)17(12)24;/h7-9,14H,2-6H2,1H3,(H,25,26);/q;+1/p-1/b12-8+;. The summed E-state index contributed by atoms with van der Waals surface area (Å²) < 4.78 is 7.65. The number of β-lactam (4-membered cyclic amide) rings is 1. The van der Waals surface area contributed by atoms with Gasteiger partial charge in [-0.2, -0.15) is 4.98 Å². The number of rotatable bonds is 4. The van der Waals surface area contributed by atoms with Crippen LogP contribution in [0.3, 0.4) is 0 Å². The number of aryl methyl sites for hydroxylation is 1. The summed E-state index contributed by atoms with van der Waals surface area (Å²) in [5.74, 6) is -0.430. The molecule has 0 N–H and O–H groups in total. The van der Waals surface area contributed by atoms with Gasteiger partial charge in [0.25, 0.3) is 5.91 Å². The third-order valence-corrected chi connectivity index (χ3v) is 5.37. The zero-order chi connectivity index (χ0) is 18.7. The summed E-state index contributed by atoms with van der Waals surface area (Å²) >= 11 is 0. The van der Waals surface area contributed by atoms with Crippen LogP contribution < -0.4 is 39.4 Å². The molecular formula is C19H17N4NaO4. The molecule has 2 aromatic rings. The van der Waals surface area contributed by atoms with E-state index in [9.17, 15) is 14.7 Å². The van der Waals surface area contributed by atoms with Crippen LogP contribution >= 0.6 is 0 Å². The molecular weight excluding hydrogens is 371 g/mol. The molecule has 2 aliphatic heterocycles. The molecule has 1 fully saturated rings. The van der Waals surface area contributed by atoms with E-state index in [0.29, 0.717) is 36.0 Å². The number of amides is 1. The fraction of sp³-hybridized carbons (Fsp3) is 0.368. The molecule has 1 unspecified atom stereocenters. The SMILES string of the molecule is CCOc1nc2nc(/C=C3/C(=O)N4C(C(=O)[O-])=CCC34)cn2c2c1CCC2.[Na+]. The maximum Gasteiger partial charge on any atom is 1.00 e. The predicted octanol–water partition coefficient (Wildman–Crippen LogP) is -2.75. The molecule has 138 valence electrons. The van der Waals surface area contributed by atoms with E-state index >= 15 is 0 Å². The molecule has 1 atom stereocenters. The Bertz CT molecular complexity index is 1070. The van der Waals surface area contributed by atoms with E-state index in [-0.39, 0.29) is 47.2 Å². The second-order valence-corrected chi connectivity index (χ2v) is 6.87. The Balaban J connectivity index is 0.00000192. The monoisotopic (exact) mass is 388 g/mol. The van der Waals surface area contributed by atoms with Gasteiger partial charge in [-0.3, -0.25) is 14.1 Å². The molecule has 1 saturated heterocycles. The van der Waals surface area contributed by atoms with Crippen molar-refractivity contribution in [2.75, 3.05) is 6.61 Å². The van der Waals surface area contributed by atoms with Gasteiger partial charge >= 0.3 is 29.6 Å². The van der Waals surface area contributed by atoms with Gasteiger partial charge in [0.15, 0.2) is 0 Å². The number of carbonyl (C=O) groups excluding carboxylic acids is 2. The molecule has 0 bridgehead atoms. The molecule has 4 heterocycles. The van der Waals surface area contributed by atoms with Crippen molar-refractivity contribution >= 4 is 23.7 Å². The summed E-state index contributed by atoms with van der Waals surface area (Å²) in [5, 5.41) is 11.1. The molecule has 1 amide bonds. The van der Waals surface area contributed by atoms with Gasteiger partial charge in [-0.1, -0.05) is 6.08 Å². The quantitative estimate of drug-likeness (QED) is 0.320. The number of nitrogens with zero attached hydrogens (tertiary/aromatic N) is 4. The number of hydrogen-bond donors (Lipinski definition) is 0. The maximum absolute atomic E-state index is 12.4. The number of carboxylic acids is 1. The number of aliphatic carboxylic acids is 1. The summed E-state index contributed by atoms with van der Waals surface area (Å²) in [4.78, 5) is 33.8. The van der Waals surface area contributed by atoms with Crippen LogP contribution in [-0.4, -0.2) is 43.8 Å². The van der Waals surface area contributed by atoms with E-state index in [0.717, 1.165) is 30.5 Å². The fourth-order valence-electron chi connectivity index (χ4n) is 4.20. The number of carboxylic acid groups (broad SMARTS) is 1. The Morgan fingerprint density at radius 2 is 2.21 bits per heavy atom. The average Bonchev–Trinajstić information content (AvgIpc) is 3.35. The largest absolute Gasteiger partial charge is 1.00 e. The van der Waals surface area contributed by atoms with Crippen LogP contribution in [0.4, 0.5) is 0 Å². The minimum absolute atomic E-state index is 0. The third kappa shape index (κ3) is 2.70. The van der Waals surface area contributed by atoms with Crippen LogP contribution in [0.2, 0.25) is 0 Å². The summed E-state index contributed by atoms with van der Waals surface area (Å²) in [7, 11) is 0. The molecule has 0 spiro atoms. The zero-order valence-electron chi connectivity index (χ0n) is 15.8. The van der Waals surface area contributed by atoms with Crippen LogP contribution in [0.15, 0.2) is 23.5 Å². The Kier molecular flexibility index (Phi) is 4.81. The van der Waals surface area contributed by atoms with Gasteiger partial charge in [-0.15, -0.1) is 0 Å². The zero-order valence-corrected chi connectivity index (χ0v) is 17.8. The van der Waals surface area contributed by atoms with Crippen molar-refractivity contribution in [2.24, 2.45) is 0 Å². The van der Waals surface area contributed by atoms with Crippen molar-refractivity contribution in [3.05, 3.63) is 40.5 Å². The van der Waals surface area contributed by atoms with Crippen molar-refractivity contribution in [1.29, 1.82) is 0 Å². The first kappa shape index (κ1) is 19.2. The third-order valence-electron chi connectivity index (χ3n) is 5.37. The van der Waals surface area contributed by atoms with Gasteiger partial charge in [0.2, 0.25) is 11.7 Å². The van der Waals surface area contributed by atoms with Crippen molar-refractivity contribution in [2.45, 2.75) is 38.6 Å². The van der Waals surface area contributed by atoms with Crippen LogP contribution in [0.1, 0.15) is 36.7 Å². The molecule has 3 aliphatic rings. The van der Waals surface area contributed by atoms with E-state index in [2.05, 4.69) is 9.97 Å². The Morgan fingerprint density at radius 1 is 1.39 bits per heavy atom. The molecule has 0 radical (unpaired) electrons. The van der Waals surface area contributed by atoms with Gasteiger partial charge < -0.3 is 14.6 Å². The Morgan fingerprint density at radius 3 is 2.96 bits per heavy atom. The van der Waals surface area contributed by atoms with Gasteiger partial charge in [0, 0.05) is 23.0 Å². The summed E-state index contributed by atoms with van der Waals surface area (Å²) in [6.07, 6.45) is 8.56. The average molecular weight is 388 g/mol. The minimum Gasteiger partial charge on any atom is -0.543 e. The van der Waals surface area contributed by atoms with E-state index in [1.165, 1.54) is 11.0 Å². The van der Waals surface area contributed by atoms with Crippen molar-refractivity contribution in [1.82, 2.24) is 19.3 Å². The normalized spacial score (nSPS) is 21.2. The first-order valence-electron chi connectivity index (χ1n) is 9.08. The summed E-state index contributed by atoms with van der Waals surface area (Å²) in [6.45, 7) is 2.48. The van der Waals surface area contributed by atoms with Gasteiger partial charge in [0.1, 0.15) is 0 Å². The number of aromatic nitrogens is 3. The van der Waals surface area contributed by atoms with E-state index in [1.54, 1.807) is 6.08 Å². The molecule has 1 aliphatic carbocycles. The van der Waals surface area contributed by atoms with Gasteiger partial charge in [-0.25, -0.2) is 4.98 Å². The summed E-state index contributed by atoms with van der Waals surface area (Å²) in [5.41, 5.74) is 3.44.